The molecule has 2 aromatic carbocycles. The third-order valence-corrected chi connectivity index (χ3v) is 3.70. The van der Waals surface area contributed by atoms with Gasteiger partial charge in [-0.1, -0.05) is 41.4 Å². The summed E-state index contributed by atoms with van der Waals surface area (Å²) in [5.41, 5.74) is 8.83. The van der Waals surface area contributed by atoms with Gasteiger partial charge in [-0.2, -0.15) is 0 Å². The van der Waals surface area contributed by atoms with E-state index in [2.05, 4.69) is 44.4 Å². The lowest BCUT2D eigenvalue weighted by molar-refractivity contribution is 0.630. The van der Waals surface area contributed by atoms with Crippen molar-refractivity contribution in [3.8, 4) is 0 Å². The van der Waals surface area contributed by atoms with Crippen molar-refractivity contribution >= 4 is 11.6 Å². The van der Waals surface area contributed by atoms with Crippen LogP contribution in [0.4, 0.5) is 0 Å². The fourth-order valence-corrected chi connectivity index (χ4v) is 2.52. The minimum atomic E-state index is -0.0430. The highest BCUT2D eigenvalue weighted by Gasteiger charge is 2.17. The van der Waals surface area contributed by atoms with Crippen molar-refractivity contribution in [2.45, 2.75) is 26.8 Å². The number of rotatable bonds is 3. The van der Waals surface area contributed by atoms with Crippen molar-refractivity contribution < 1.29 is 0 Å². The molecule has 1 unspecified atom stereocenters. The third-order valence-electron chi connectivity index (χ3n) is 3.46. The van der Waals surface area contributed by atoms with Crippen LogP contribution in [0.5, 0.6) is 0 Å². The van der Waals surface area contributed by atoms with Gasteiger partial charge in [0.1, 0.15) is 0 Å². The molecule has 0 aliphatic carbocycles. The molecule has 0 bridgehead atoms. The van der Waals surface area contributed by atoms with Gasteiger partial charge in [-0.05, 0) is 55.2 Å². The Labute approximate surface area is 119 Å². The summed E-state index contributed by atoms with van der Waals surface area (Å²) in [6, 6.07) is 12.2. The van der Waals surface area contributed by atoms with E-state index in [4.69, 9.17) is 17.4 Å². The van der Waals surface area contributed by atoms with Crippen molar-refractivity contribution in [3.05, 3.63) is 69.2 Å². The maximum absolute atomic E-state index is 6.11. The van der Waals surface area contributed by atoms with E-state index in [0.717, 1.165) is 10.6 Å². The molecular weight excluding hydrogens is 256 g/mol. The van der Waals surface area contributed by atoms with Gasteiger partial charge in [0.25, 0.3) is 0 Å². The van der Waals surface area contributed by atoms with Crippen LogP contribution in [0.25, 0.3) is 0 Å². The molecule has 0 spiro atoms. The molecule has 2 rings (SSSR count). The van der Waals surface area contributed by atoms with Crippen LogP contribution in [-0.4, -0.2) is 0 Å². The number of aryl methyl sites for hydroxylation is 3. The summed E-state index contributed by atoms with van der Waals surface area (Å²) >= 11 is 6.11. The standard InChI is InChI=1S/C16H19ClN2/c1-10-4-5-11(2)14(8-10)16(19-18)15-9-13(17)7-6-12(15)3/h4-9,16,19H,18H2,1-3H3. The van der Waals surface area contributed by atoms with Crippen LogP contribution >= 0.6 is 11.6 Å². The Balaban J connectivity index is 2.55. The van der Waals surface area contributed by atoms with Gasteiger partial charge in [0.15, 0.2) is 0 Å². The van der Waals surface area contributed by atoms with Gasteiger partial charge in [0, 0.05) is 5.02 Å². The lowest BCUT2D eigenvalue weighted by atomic mass is 9.91. The second-order valence-electron chi connectivity index (χ2n) is 4.96. The zero-order chi connectivity index (χ0) is 14.0. The van der Waals surface area contributed by atoms with Crippen LogP contribution < -0.4 is 11.3 Å². The van der Waals surface area contributed by atoms with Crippen molar-refractivity contribution in [2.75, 3.05) is 0 Å². The van der Waals surface area contributed by atoms with E-state index >= 15 is 0 Å². The summed E-state index contributed by atoms with van der Waals surface area (Å²) in [6.45, 7) is 6.25. The first-order valence-corrected chi connectivity index (χ1v) is 6.70. The second-order valence-corrected chi connectivity index (χ2v) is 5.40. The normalized spacial score (nSPS) is 12.5. The van der Waals surface area contributed by atoms with Crippen molar-refractivity contribution in [3.63, 3.8) is 0 Å². The first-order chi connectivity index (χ1) is 9.02. The summed E-state index contributed by atoms with van der Waals surface area (Å²) in [6.07, 6.45) is 0. The fourth-order valence-electron chi connectivity index (χ4n) is 2.34. The van der Waals surface area contributed by atoms with E-state index in [1.807, 2.05) is 18.2 Å². The highest BCUT2D eigenvalue weighted by atomic mass is 35.5. The predicted molar refractivity (Wildman–Crippen MR) is 81.3 cm³/mol. The summed E-state index contributed by atoms with van der Waals surface area (Å²) in [5, 5.41) is 0.728. The number of hydrazine groups is 1. The lowest BCUT2D eigenvalue weighted by Crippen LogP contribution is -2.30. The molecule has 2 aromatic rings. The molecule has 0 fully saturated rings. The molecule has 3 heteroatoms. The van der Waals surface area contributed by atoms with Crippen molar-refractivity contribution in [1.82, 2.24) is 5.43 Å². The quantitative estimate of drug-likeness (QED) is 0.660. The van der Waals surface area contributed by atoms with Crippen LogP contribution in [0.1, 0.15) is 33.9 Å². The van der Waals surface area contributed by atoms with Gasteiger partial charge >= 0.3 is 0 Å². The van der Waals surface area contributed by atoms with Gasteiger partial charge in [0.05, 0.1) is 6.04 Å². The molecule has 0 aliphatic heterocycles. The summed E-state index contributed by atoms with van der Waals surface area (Å²) in [4.78, 5) is 0. The van der Waals surface area contributed by atoms with Crippen LogP contribution in [-0.2, 0) is 0 Å². The smallest absolute Gasteiger partial charge is 0.0715 e. The molecular formula is C16H19ClN2. The Morgan fingerprint density at radius 1 is 0.947 bits per heavy atom. The van der Waals surface area contributed by atoms with Crippen LogP contribution in [0.2, 0.25) is 5.02 Å². The molecule has 19 heavy (non-hydrogen) atoms. The van der Waals surface area contributed by atoms with E-state index < -0.39 is 0 Å². The number of hydrogen-bond acceptors (Lipinski definition) is 2. The summed E-state index contributed by atoms with van der Waals surface area (Å²) in [7, 11) is 0. The lowest BCUT2D eigenvalue weighted by Gasteiger charge is -2.21. The Morgan fingerprint density at radius 3 is 2.16 bits per heavy atom. The average Bonchev–Trinajstić information content (AvgIpc) is 2.38. The van der Waals surface area contributed by atoms with E-state index in [1.54, 1.807) is 0 Å². The minimum Gasteiger partial charge on any atom is -0.271 e. The third kappa shape index (κ3) is 2.98. The zero-order valence-electron chi connectivity index (χ0n) is 11.5. The number of nitrogens with two attached hydrogens (primary N) is 1. The molecule has 3 N–H and O–H groups in total. The summed E-state index contributed by atoms with van der Waals surface area (Å²) < 4.78 is 0. The molecule has 0 saturated carbocycles. The van der Waals surface area contributed by atoms with E-state index in [1.165, 1.54) is 22.3 Å². The topological polar surface area (TPSA) is 38.0 Å². The van der Waals surface area contributed by atoms with Crippen LogP contribution in [0.3, 0.4) is 0 Å². The number of halogens is 1. The van der Waals surface area contributed by atoms with Gasteiger partial charge in [-0.15, -0.1) is 0 Å². The highest BCUT2D eigenvalue weighted by Crippen LogP contribution is 2.29. The average molecular weight is 275 g/mol. The maximum Gasteiger partial charge on any atom is 0.0715 e. The molecule has 2 nitrogen and oxygen atoms in total. The number of hydrogen-bond donors (Lipinski definition) is 2. The van der Waals surface area contributed by atoms with E-state index in [0.29, 0.717) is 0 Å². The second kappa shape index (κ2) is 5.74. The zero-order valence-corrected chi connectivity index (χ0v) is 12.3. The molecule has 0 amide bonds. The minimum absolute atomic E-state index is 0.0430. The Hall–Kier alpha value is -1.35. The van der Waals surface area contributed by atoms with Crippen LogP contribution in [0, 0.1) is 20.8 Å². The molecule has 0 heterocycles. The SMILES string of the molecule is Cc1ccc(C)c(C(NN)c2cc(Cl)ccc2C)c1. The summed E-state index contributed by atoms with van der Waals surface area (Å²) in [5.74, 6) is 5.78. The molecule has 0 aromatic heterocycles. The maximum atomic E-state index is 6.11. The highest BCUT2D eigenvalue weighted by molar-refractivity contribution is 6.30. The van der Waals surface area contributed by atoms with E-state index in [9.17, 15) is 0 Å². The Bertz CT molecular complexity index is 542. The fraction of sp³-hybridized carbons (Fsp3) is 0.250. The first-order valence-electron chi connectivity index (χ1n) is 6.32. The molecule has 0 radical (unpaired) electrons. The van der Waals surface area contributed by atoms with Gasteiger partial charge in [0.2, 0.25) is 0 Å². The van der Waals surface area contributed by atoms with Gasteiger partial charge in [-0.3, -0.25) is 5.84 Å². The van der Waals surface area contributed by atoms with Gasteiger partial charge < -0.3 is 0 Å². The Morgan fingerprint density at radius 2 is 1.53 bits per heavy atom. The molecule has 0 saturated heterocycles. The van der Waals surface area contributed by atoms with Crippen molar-refractivity contribution in [2.24, 2.45) is 5.84 Å². The number of nitrogens with one attached hydrogen (secondary N) is 1. The molecule has 0 aliphatic rings. The largest absolute Gasteiger partial charge is 0.271 e. The van der Waals surface area contributed by atoms with E-state index in [-0.39, 0.29) is 6.04 Å². The monoisotopic (exact) mass is 274 g/mol. The first kappa shape index (κ1) is 14.1. The van der Waals surface area contributed by atoms with Gasteiger partial charge in [-0.25, -0.2) is 5.43 Å². The molecule has 1 atom stereocenters. The van der Waals surface area contributed by atoms with Crippen LogP contribution in [0.15, 0.2) is 36.4 Å². The molecule has 100 valence electrons. The Kier molecular flexibility index (Phi) is 4.25. The predicted octanol–water partition coefficient (Wildman–Crippen LogP) is 3.82. The van der Waals surface area contributed by atoms with Crippen molar-refractivity contribution in [1.29, 1.82) is 0 Å². The number of benzene rings is 2.